The van der Waals surface area contributed by atoms with E-state index in [1.54, 1.807) is 11.8 Å². The Morgan fingerprint density at radius 3 is 2.19 bits per heavy atom. The predicted molar refractivity (Wildman–Crippen MR) is 112 cm³/mol. The maximum atomic E-state index is 11.1. The number of nitrogens with one attached hydrogen (secondary N) is 1. The van der Waals surface area contributed by atoms with E-state index >= 15 is 0 Å². The van der Waals surface area contributed by atoms with E-state index in [0.717, 1.165) is 20.3 Å². The van der Waals surface area contributed by atoms with Gasteiger partial charge in [-0.1, -0.05) is 15.9 Å². The second kappa shape index (κ2) is 13.6. The number of nitrogen functional groups attached to an aromatic ring is 1. The van der Waals surface area contributed by atoms with Crippen LogP contribution in [0.2, 0.25) is 0 Å². The Balaban J connectivity index is 0.000000713. The van der Waals surface area contributed by atoms with E-state index in [4.69, 9.17) is 21.1 Å². The van der Waals surface area contributed by atoms with E-state index in [-0.39, 0.29) is 0 Å². The Morgan fingerprint density at radius 2 is 1.74 bits per heavy atom. The van der Waals surface area contributed by atoms with Gasteiger partial charge in [-0.05, 0) is 52.1 Å². The van der Waals surface area contributed by atoms with Crippen LogP contribution < -0.4 is 11.1 Å². The summed E-state index contributed by atoms with van der Waals surface area (Å²) in [6.07, 6.45) is 3.67. The van der Waals surface area contributed by atoms with Crippen molar-refractivity contribution in [3.05, 3.63) is 38.8 Å². The molecule has 0 bridgehead atoms. The Bertz CT molecular complexity index is 684. The molecule has 0 saturated heterocycles. The fourth-order valence-electron chi connectivity index (χ4n) is 1.71. The van der Waals surface area contributed by atoms with Crippen molar-refractivity contribution in [1.29, 1.82) is 0 Å². The number of hydrogen-bond acceptors (Lipinski definition) is 6. The lowest BCUT2D eigenvalue weighted by molar-refractivity contribution is -0.139. The molecule has 0 aliphatic rings. The van der Waals surface area contributed by atoms with Gasteiger partial charge in [0.15, 0.2) is 0 Å². The summed E-state index contributed by atoms with van der Waals surface area (Å²) in [6, 6.07) is 3.20. The molecule has 1 aromatic carbocycles. The van der Waals surface area contributed by atoms with Crippen LogP contribution in [0.15, 0.2) is 33.2 Å². The second-order valence-electron chi connectivity index (χ2n) is 5.02. The molecule has 27 heavy (non-hydrogen) atoms. The van der Waals surface area contributed by atoms with Gasteiger partial charge in [0.25, 0.3) is 0 Å². The predicted octanol–water partition coefficient (Wildman–Crippen LogP) is 2.80. The summed E-state index contributed by atoms with van der Waals surface area (Å²) in [5.74, 6) is -2.54. The van der Waals surface area contributed by atoms with E-state index in [9.17, 15) is 14.4 Å². The molecule has 1 atom stereocenters. The average molecular weight is 528 g/mol. The van der Waals surface area contributed by atoms with Gasteiger partial charge in [0.2, 0.25) is 0 Å². The molecule has 0 fully saturated rings. The number of halogens is 2. The molecule has 1 unspecified atom stereocenters. The molecule has 1 aromatic rings. The van der Waals surface area contributed by atoms with Crippen molar-refractivity contribution in [1.82, 2.24) is 5.32 Å². The molecule has 6 N–H and O–H groups in total. The van der Waals surface area contributed by atoms with Crippen molar-refractivity contribution in [3.63, 3.8) is 0 Å². The molecule has 1 rings (SSSR count). The summed E-state index contributed by atoms with van der Waals surface area (Å²) in [4.78, 5) is 30.2. The van der Waals surface area contributed by atoms with Gasteiger partial charge in [0.05, 0.1) is 5.69 Å². The molecule has 0 heterocycles. The number of thioether (sulfide) groups is 1. The van der Waals surface area contributed by atoms with Crippen LogP contribution in [0, 0.1) is 0 Å². The fraction of sp³-hybridized carbons (Fsp3) is 0.312. The number of aliphatic carboxylic acids is 3. The highest BCUT2D eigenvalue weighted by Crippen LogP contribution is 2.28. The third-order valence-electron chi connectivity index (χ3n) is 3.00. The van der Waals surface area contributed by atoms with Gasteiger partial charge >= 0.3 is 17.9 Å². The van der Waals surface area contributed by atoms with Crippen molar-refractivity contribution < 1.29 is 29.7 Å². The first-order valence-electron chi connectivity index (χ1n) is 7.40. The first-order valence-corrected chi connectivity index (χ1v) is 10.4. The summed E-state index contributed by atoms with van der Waals surface area (Å²) in [7, 11) is 0. The SMILES string of the molecule is CSCCC(NCc1cc(Br)cc(Br)c1N)C(=O)O.O=C(O)/C=C\C(=O)O. The summed E-state index contributed by atoms with van der Waals surface area (Å²) in [5, 5.41) is 27.8. The van der Waals surface area contributed by atoms with Crippen molar-refractivity contribution >= 4 is 67.2 Å². The molecule has 0 aromatic heterocycles. The number of rotatable bonds is 9. The van der Waals surface area contributed by atoms with Crippen LogP contribution in [0.3, 0.4) is 0 Å². The molecule has 0 radical (unpaired) electrons. The highest BCUT2D eigenvalue weighted by Gasteiger charge is 2.17. The maximum Gasteiger partial charge on any atom is 0.328 e. The molecular weight excluding hydrogens is 508 g/mol. The van der Waals surface area contributed by atoms with Gasteiger partial charge < -0.3 is 26.4 Å². The van der Waals surface area contributed by atoms with Crippen LogP contribution in [0.4, 0.5) is 5.69 Å². The molecule has 8 nitrogen and oxygen atoms in total. The zero-order chi connectivity index (χ0) is 21.0. The van der Waals surface area contributed by atoms with Gasteiger partial charge in [-0.15, -0.1) is 0 Å². The lowest BCUT2D eigenvalue weighted by Crippen LogP contribution is -2.36. The average Bonchev–Trinajstić information content (AvgIpc) is 2.57. The number of benzene rings is 1. The first-order chi connectivity index (χ1) is 12.6. The number of anilines is 1. The van der Waals surface area contributed by atoms with Crippen molar-refractivity contribution in [3.8, 4) is 0 Å². The minimum absolute atomic E-state index is 0.426. The van der Waals surface area contributed by atoms with E-state index in [2.05, 4.69) is 37.2 Å². The molecule has 0 amide bonds. The third kappa shape index (κ3) is 11.7. The summed E-state index contributed by atoms with van der Waals surface area (Å²) >= 11 is 8.40. The molecule has 0 spiro atoms. The first kappa shape index (κ1) is 25.4. The Labute approximate surface area is 177 Å². The van der Waals surface area contributed by atoms with Gasteiger partial charge in [-0.3, -0.25) is 4.79 Å². The fourth-order valence-corrected chi connectivity index (χ4v) is 3.49. The number of carboxylic acids is 3. The summed E-state index contributed by atoms with van der Waals surface area (Å²) in [6.45, 7) is 0.426. The van der Waals surface area contributed by atoms with Gasteiger partial charge in [-0.25, -0.2) is 9.59 Å². The topological polar surface area (TPSA) is 150 Å². The molecule has 0 aliphatic carbocycles. The lowest BCUT2D eigenvalue weighted by Gasteiger charge is -2.15. The van der Waals surface area contributed by atoms with E-state index in [1.165, 1.54) is 0 Å². The number of carbonyl (C=O) groups is 3. The van der Waals surface area contributed by atoms with E-state index in [1.807, 2.05) is 18.4 Å². The molecule has 0 aliphatic heterocycles. The normalized spacial score (nSPS) is 11.5. The molecular formula is C16H20Br2N2O6S. The monoisotopic (exact) mass is 526 g/mol. The number of hydrogen-bond donors (Lipinski definition) is 5. The van der Waals surface area contributed by atoms with Crippen LogP contribution in [-0.2, 0) is 20.9 Å². The minimum Gasteiger partial charge on any atom is -0.480 e. The minimum atomic E-state index is -1.26. The third-order valence-corrected chi connectivity index (χ3v) is 4.75. The van der Waals surface area contributed by atoms with E-state index < -0.39 is 23.9 Å². The summed E-state index contributed by atoms with van der Waals surface area (Å²) in [5.41, 5.74) is 7.46. The van der Waals surface area contributed by atoms with Crippen molar-refractivity contribution in [2.75, 3.05) is 17.7 Å². The quantitative estimate of drug-likeness (QED) is 0.241. The van der Waals surface area contributed by atoms with Gasteiger partial charge in [-0.2, -0.15) is 11.8 Å². The second-order valence-corrected chi connectivity index (χ2v) is 7.78. The van der Waals surface area contributed by atoms with Crippen molar-refractivity contribution in [2.45, 2.75) is 19.0 Å². The molecule has 11 heteroatoms. The zero-order valence-corrected chi connectivity index (χ0v) is 18.3. The lowest BCUT2D eigenvalue weighted by atomic mass is 10.1. The standard InChI is InChI=1S/C12H16Br2N2O2S.C4H4O4/c1-19-3-2-10(12(17)18)16-6-7-4-8(13)5-9(14)11(7)15;5-3(6)1-2-4(7)8/h4-5,10,16H,2-3,6,15H2,1H3,(H,17,18);1-2H,(H,5,6)(H,7,8)/b;2-1-. The highest BCUT2D eigenvalue weighted by atomic mass is 79.9. The van der Waals surface area contributed by atoms with Crippen LogP contribution in [0.25, 0.3) is 0 Å². The number of nitrogens with two attached hydrogens (primary N) is 1. The van der Waals surface area contributed by atoms with E-state index in [0.29, 0.717) is 30.8 Å². The van der Waals surface area contributed by atoms with Crippen LogP contribution in [-0.4, -0.2) is 51.3 Å². The Kier molecular flexibility index (Phi) is 12.8. The van der Waals surface area contributed by atoms with Crippen LogP contribution in [0.1, 0.15) is 12.0 Å². The zero-order valence-electron chi connectivity index (χ0n) is 14.3. The van der Waals surface area contributed by atoms with Crippen LogP contribution >= 0.6 is 43.6 Å². The smallest absolute Gasteiger partial charge is 0.328 e. The molecule has 150 valence electrons. The van der Waals surface area contributed by atoms with Gasteiger partial charge in [0.1, 0.15) is 6.04 Å². The van der Waals surface area contributed by atoms with Gasteiger partial charge in [0, 0.05) is 27.6 Å². The Morgan fingerprint density at radius 1 is 1.19 bits per heavy atom. The number of carboxylic acid groups (broad SMARTS) is 3. The largest absolute Gasteiger partial charge is 0.480 e. The van der Waals surface area contributed by atoms with Crippen molar-refractivity contribution in [2.24, 2.45) is 0 Å². The molecule has 0 saturated carbocycles. The van der Waals surface area contributed by atoms with Crippen LogP contribution in [0.5, 0.6) is 0 Å². The highest BCUT2D eigenvalue weighted by molar-refractivity contribution is 9.11. The Hall–Kier alpha value is -1.56. The summed E-state index contributed by atoms with van der Waals surface area (Å²) < 4.78 is 1.70. The maximum absolute atomic E-state index is 11.1.